The lowest BCUT2D eigenvalue weighted by Gasteiger charge is -2.21. The van der Waals surface area contributed by atoms with E-state index < -0.39 is 28.5 Å². The number of ether oxygens (including phenoxy) is 1. The summed E-state index contributed by atoms with van der Waals surface area (Å²) in [6.07, 6.45) is 1.31. The molecule has 11 heteroatoms. The number of rotatable bonds is 8. The van der Waals surface area contributed by atoms with Crippen molar-refractivity contribution in [3.8, 4) is 11.8 Å². The lowest BCUT2D eigenvalue weighted by Crippen LogP contribution is -2.33. The van der Waals surface area contributed by atoms with Gasteiger partial charge < -0.3 is 10.1 Å². The van der Waals surface area contributed by atoms with E-state index in [1.165, 1.54) is 46.5 Å². The molecule has 34 heavy (non-hydrogen) atoms. The van der Waals surface area contributed by atoms with Crippen LogP contribution < -0.4 is 5.32 Å². The normalized spacial score (nSPS) is 11.3. The van der Waals surface area contributed by atoms with Crippen LogP contribution in [0.25, 0.3) is 5.69 Å². The van der Waals surface area contributed by atoms with Crippen LogP contribution in [0, 0.1) is 11.3 Å². The number of amides is 1. The molecule has 1 aromatic heterocycles. The van der Waals surface area contributed by atoms with Crippen LogP contribution in [0.1, 0.15) is 29.8 Å². The smallest absolute Gasteiger partial charge is 0.338 e. The molecule has 176 valence electrons. The van der Waals surface area contributed by atoms with Gasteiger partial charge in [-0.2, -0.15) is 14.7 Å². The van der Waals surface area contributed by atoms with Gasteiger partial charge in [-0.25, -0.2) is 17.9 Å². The highest BCUT2D eigenvalue weighted by atomic mass is 32.2. The average molecular weight is 482 g/mol. The number of anilines is 1. The molecular formula is C23H23N5O5S. The van der Waals surface area contributed by atoms with Crippen LogP contribution in [0.3, 0.4) is 0 Å². The van der Waals surface area contributed by atoms with E-state index in [1.54, 1.807) is 38.1 Å². The molecule has 1 N–H and O–H groups in total. The second kappa shape index (κ2) is 10.3. The van der Waals surface area contributed by atoms with E-state index in [1.807, 2.05) is 12.1 Å². The van der Waals surface area contributed by atoms with Crippen LogP contribution in [0.4, 0.5) is 5.82 Å². The van der Waals surface area contributed by atoms with Gasteiger partial charge in [0.2, 0.25) is 10.0 Å². The van der Waals surface area contributed by atoms with Gasteiger partial charge in [0.05, 0.1) is 22.3 Å². The Morgan fingerprint density at radius 1 is 1.18 bits per heavy atom. The molecular weight excluding hydrogens is 458 g/mol. The second-order valence-corrected chi connectivity index (χ2v) is 9.53. The average Bonchev–Trinajstić information content (AvgIpc) is 3.24. The summed E-state index contributed by atoms with van der Waals surface area (Å²) in [5.41, 5.74) is 0.745. The summed E-state index contributed by atoms with van der Waals surface area (Å²) in [6.45, 7) is 2.82. The molecule has 1 heterocycles. The van der Waals surface area contributed by atoms with Gasteiger partial charge in [0.25, 0.3) is 5.91 Å². The van der Waals surface area contributed by atoms with Crippen molar-refractivity contribution in [2.24, 2.45) is 0 Å². The molecule has 0 radical (unpaired) electrons. The van der Waals surface area contributed by atoms with Crippen LogP contribution in [-0.2, 0) is 19.6 Å². The third kappa shape index (κ3) is 5.31. The number of carbonyl (C=O) groups is 2. The Kier molecular flexibility index (Phi) is 7.45. The number of sulfonamides is 1. The Bertz CT molecular complexity index is 1340. The van der Waals surface area contributed by atoms with E-state index in [9.17, 15) is 23.3 Å². The summed E-state index contributed by atoms with van der Waals surface area (Å²) in [4.78, 5) is 24.9. The predicted octanol–water partition coefficient (Wildman–Crippen LogP) is 2.57. The number of carbonyl (C=O) groups excluding carboxylic acids is 2. The molecule has 3 aromatic rings. The van der Waals surface area contributed by atoms with Crippen molar-refractivity contribution in [2.45, 2.75) is 24.8 Å². The molecule has 3 rings (SSSR count). The minimum atomic E-state index is -3.79. The van der Waals surface area contributed by atoms with Gasteiger partial charge in [0.15, 0.2) is 12.4 Å². The topological polar surface area (TPSA) is 134 Å². The van der Waals surface area contributed by atoms with Crippen molar-refractivity contribution in [3.63, 3.8) is 0 Å². The number of para-hydroxylation sites is 1. The van der Waals surface area contributed by atoms with Crippen molar-refractivity contribution in [2.75, 3.05) is 19.0 Å². The van der Waals surface area contributed by atoms with Crippen LogP contribution in [-0.4, -0.2) is 54.1 Å². The fourth-order valence-electron chi connectivity index (χ4n) is 2.93. The van der Waals surface area contributed by atoms with E-state index in [-0.39, 0.29) is 27.9 Å². The lowest BCUT2D eigenvalue weighted by molar-refractivity contribution is -0.119. The second-order valence-electron chi connectivity index (χ2n) is 7.53. The first-order valence-corrected chi connectivity index (χ1v) is 11.7. The van der Waals surface area contributed by atoms with Gasteiger partial charge in [-0.1, -0.05) is 24.3 Å². The SMILES string of the molecule is CC(C)N(C)S(=O)(=O)c1cccc(C(=O)OCC(=O)Nc2c(C#N)cnn2-c2ccccc2)c1. The predicted molar refractivity (Wildman–Crippen MR) is 124 cm³/mol. The number of benzene rings is 2. The molecule has 0 aliphatic carbocycles. The molecule has 0 unspecified atom stereocenters. The molecule has 1 amide bonds. The van der Waals surface area contributed by atoms with Gasteiger partial charge in [-0.3, -0.25) is 4.79 Å². The standard InChI is InChI=1S/C23H23N5O5S/c1-16(2)27(3)34(31,32)20-11-7-8-17(12-20)23(30)33-15-21(29)26-22-18(13-24)14-25-28(22)19-9-5-4-6-10-19/h4-12,14,16H,15H2,1-3H3,(H,26,29). The van der Waals surface area contributed by atoms with Crippen molar-refractivity contribution in [3.05, 3.63) is 71.9 Å². The number of hydrogen-bond donors (Lipinski definition) is 1. The Morgan fingerprint density at radius 3 is 2.53 bits per heavy atom. The Labute approximate surface area is 197 Å². The summed E-state index contributed by atoms with van der Waals surface area (Å²) < 4.78 is 33.0. The molecule has 10 nitrogen and oxygen atoms in total. The van der Waals surface area contributed by atoms with E-state index in [0.29, 0.717) is 5.69 Å². The van der Waals surface area contributed by atoms with E-state index in [4.69, 9.17) is 4.74 Å². The summed E-state index contributed by atoms with van der Waals surface area (Å²) in [5, 5.41) is 16.0. The maximum absolute atomic E-state index is 12.7. The summed E-state index contributed by atoms with van der Waals surface area (Å²) >= 11 is 0. The number of aromatic nitrogens is 2. The van der Waals surface area contributed by atoms with Gasteiger partial charge in [-0.15, -0.1) is 0 Å². The van der Waals surface area contributed by atoms with Crippen LogP contribution in [0.5, 0.6) is 0 Å². The van der Waals surface area contributed by atoms with Gasteiger partial charge >= 0.3 is 5.97 Å². The number of nitrogens with one attached hydrogen (secondary N) is 1. The summed E-state index contributed by atoms with van der Waals surface area (Å²) in [7, 11) is -2.34. The van der Waals surface area contributed by atoms with E-state index in [2.05, 4.69) is 10.4 Å². The first-order chi connectivity index (χ1) is 16.1. The lowest BCUT2D eigenvalue weighted by atomic mass is 10.2. The molecule has 0 saturated carbocycles. The Morgan fingerprint density at radius 2 is 1.88 bits per heavy atom. The van der Waals surface area contributed by atoms with Crippen molar-refractivity contribution in [1.82, 2.24) is 14.1 Å². The fraction of sp³-hybridized carbons (Fsp3) is 0.217. The minimum Gasteiger partial charge on any atom is -0.452 e. The van der Waals surface area contributed by atoms with Crippen molar-refractivity contribution < 1.29 is 22.7 Å². The molecule has 0 aliphatic rings. The van der Waals surface area contributed by atoms with Crippen LogP contribution >= 0.6 is 0 Å². The highest BCUT2D eigenvalue weighted by molar-refractivity contribution is 7.89. The molecule has 2 aromatic carbocycles. The maximum Gasteiger partial charge on any atom is 0.338 e. The maximum atomic E-state index is 12.7. The Balaban J connectivity index is 1.71. The fourth-order valence-corrected chi connectivity index (χ4v) is 4.34. The largest absolute Gasteiger partial charge is 0.452 e. The van der Waals surface area contributed by atoms with Crippen molar-refractivity contribution >= 4 is 27.7 Å². The van der Waals surface area contributed by atoms with E-state index in [0.717, 1.165) is 0 Å². The zero-order valence-electron chi connectivity index (χ0n) is 18.8. The first-order valence-electron chi connectivity index (χ1n) is 10.2. The number of hydrogen-bond acceptors (Lipinski definition) is 7. The molecule has 0 bridgehead atoms. The van der Waals surface area contributed by atoms with Gasteiger partial charge in [-0.05, 0) is 44.2 Å². The number of nitriles is 1. The molecule has 0 saturated heterocycles. The van der Waals surface area contributed by atoms with Crippen LogP contribution in [0.15, 0.2) is 65.7 Å². The molecule has 0 spiro atoms. The van der Waals surface area contributed by atoms with Gasteiger partial charge in [0.1, 0.15) is 11.6 Å². The highest BCUT2D eigenvalue weighted by Gasteiger charge is 2.24. The molecule has 0 aliphatic heterocycles. The number of nitrogens with zero attached hydrogens (tertiary/aromatic N) is 4. The monoisotopic (exact) mass is 481 g/mol. The quantitative estimate of drug-likeness (QED) is 0.489. The number of esters is 1. The first kappa shape index (κ1) is 24.6. The zero-order valence-corrected chi connectivity index (χ0v) is 19.6. The minimum absolute atomic E-state index is 0.0157. The van der Waals surface area contributed by atoms with E-state index >= 15 is 0 Å². The molecule has 0 fully saturated rings. The summed E-state index contributed by atoms with van der Waals surface area (Å²) in [6, 6.07) is 16.0. The van der Waals surface area contributed by atoms with Gasteiger partial charge in [0, 0.05) is 13.1 Å². The third-order valence-corrected chi connectivity index (χ3v) is 6.99. The van der Waals surface area contributed by atoms with Crippen molar-refractivity contribution in [1.29, 1.82) is 5.26 Å². The third-order valence-electron chi connectivity index (χ3n) is 4.96. The highest BCUT2D eigenvalue weighted by Crippen LogP contribution is 2.20. The zero-order chi connectivity index (χ0) is 24.9. The molecule has 0 atom stereocenters. The Hall–Kier alpha value is -4.01. The summed E-state index contributed by atoms with van der Waals surface area (Å²) in [5.74, 6) is -1.41. The van der Waals surface area contributed by atoms with Crippen LogP contribution in [0.2, 0.25) is 0 Å².